The smallest absolute Gasteiger partial charge is 0.333 e. The Bertz CT molecular complexity index is 2640. The molecule has 4 saturated heterocycles. The van der Waals surface area contributed by atoms with E-state index >= 15 is 0 Å². The van der Waals surface area contributed by atoms with Gasteiger partial charge in [0.1, 0.15) is 73.8 Å². The maximum atomic E-state index is 13.3. The number of aliphatic hydroxyl groups is 11. The van der Waals surface area contributed by atoms with E-state index in [-0.39, 0.29) is 48.0 Å². The van der Waals surface area contributed by atoms with Gasteiger partial charge in [0.05, 0.1) is 55.8 Å². The second kappa shape index (κ2) is 26.2. The molecule has 4 saturated carbocycles. The molecular formula is C64H100O25. The lowest BCUT2D eigenvalue weighted by Gasteiger charge is -2.72. The molecule has 0 aromatic carbocycles. The Morgan fingerprint density at radius 3 is 1.78 bits per heavy atom. The fourth-order valence-corrected chi connectivity index (χ4v) is 17.6. The molecule has 0 aromatic heterocycles. The molecule has 25 heteroatoms. The minimum atomic E-state index is -1.88. The van der Waals surface area contributed by atoms with Crippen LogP contribution < -0.4 is 0 Å². The number of esters is 3. The summed E-state index contributed by atoms with van der Waals surface area (Å²) in [6.45, 7) is 22.1. The van der Waals surface area contributed by atoms with E-state index < -0.39 is 199 Å². The number of hydrogen-bond acceptors (Lipinski definition) is 25. The van der Waals surface area contributed by atoms with Crippen LogP contribution in [0.3, 0.4) is 0 Å². The molecule has 4 aliphatic heterocycles. The van der Waals surface area contributed by atoms with Crippen LogP contribution in [0.1, 0.15) is 135 Å². The SMILES string of the molecule is C/C=C(/C)C(=O)O[C@@H]1[C@@H](OC(=O)/C(C)=C\C)[C@@H](O)[C@H](O[C@H]2[C@H](O)[C@@]3(COC(C)=O)C(CC2(C)C)C2=CCC4[C@@]5(C)CC[C@H](O[C@H]6OC[C@H](O)[C@H](O[C@@H]7O[C@@H](CO)[C@H](O)[C@H]7O)[C@H]6O[C@@H]6O[C@H](CO)[C@H](O)[C@H](O)[C@H]6O)C(C)(C)C5CC[C@@]4(C)[C@]2(C)C[C@H]3O)O[C@H]1C. The summed E-state index contributed by atoms with van der Waals surface area (Å²) in [5, 5.41) is 124. The van der Waals surface area contributed by atoms with Crippen LogP contribution in [0.2, 0.25) is 0 Å². The molecule has 5 aliphatic carbocycles. The molecule has 0 amide bonds. The van der Waals surface area contributed by atoms with Crippen molar-refractivity contribution in [1.82, 2.24) is 0 Å². The fourth-order valence-electron chi connectivity index (χ4n) is 17.6. The summed E-state index contributed by atoms with van der Waals surface area (Å²) < 4.78 is 67.7. The molecule has 9 aliphatic rings. The molecule has 4 heterocycles. The number of hydrogen-bond donors (Lipinski definition) is 11. The molecule has 0 aromatic rings. The van der Waals surface area contributed by atoms with Gasteiger partial charge in [0.25, 0.3) is 0 Å². The second-order valence-corrected chi connectivity index (χ2v) is 28.9. The summed E-state index contributed by atoms with van der Waals surface area (Å²) in [7, 11) is 0. The van der Waals surface area contributed by atoms with Gasteiger partial charge >= 0.3 is 17.9 Å². The molecule has 25 nitrogen and oxygen atoms in total. The Hall–Kier alpha value is -3.13. The van der Waals surface area contributed by atoms with Crippen molar-refractivity contribution in [2.45, 2.75) is 270 Å². The second-order valence-electron chi connectivity index (χ2n) is 28.9. The topological polar surface area (TPSA) is 375 Å². The zero-order valence-corrected chi connectivity index (χ0v) is 53.6. The Morgan fingerprint density at radius 1 is 0.629 bits per heavy atom. The predicted octanol–water partition coefficient (Wildman–Crippen LogP) is 1.26. The van der Waals surface area contributed by atoms with Crippen LogP contribution in [0.5, 0.6) is 0 Å². The van der Waals surface area contributed by atoms with Gasteiger partial charge in [-0.25, -0.2) is 9.59 Å². The van der Waals surface area contributed by atoms with Gasteiger partial charge in [0.2, 0.25) is 0 Å². The zero-order valence-electron chi connectivity index (χ0n) is 53.6. The summed E-state index contributed by atoms with van der Waals surface area (Å²) in [6.07, 6.45) is -22.9. The maximum Gasteiger partial charge on any atom is 0.333 e. The van der Waals surface area contributed by atoms with Gasteiger partial charge in [-0.3, -0.25) is 4.79 Å². The van der Waals surface area contributed by atoms with Gasteiger partial charge in [-0.15, -0.1) is 0 Å². The van der Waals surface area contributed by atoms with E-state index in [9.17, 15) is 70.6 Å². The van der Waals surface area contributed by atoms with Crippen molar-refractivity contribution in [2.24, 2.45) is 50.2 Å². The normalized spacial score (nSPS) is 48.8. The van der Waals surface area contributed by atoms with Gasteiger partial charge in [0.15, 0.2) is 37.4 Å². The quantitative estimate of drug-likeness (QED) is 0.0341. The Labute approximate surface area is 520 Å². The number of rotatable bonds is 16. The van der Waals surface area contributed by atoms with Gasteiger partial charge in [-0.1, -0.05) is 72.3 Å². The number of fused-ring (bicyclic) bond motifs is 7. The van der Waals surface area contributed by atoms with E-state index in [1.54, 1.807) is 46.8 Å². The van der Waals surface area contributed by atoms with Crippen molar-refractivity contribution in [1.29, 1.82) is 0 Å². The molecule has 9 rings (SSSR count). The van der Waals surface area contributed by atoms with E-state index in [0.29, 0.717) is 32.1 Å². The molecule has 0 radical (unpaired) electrons. The molecule has 3 unspecified atom stereocenters. The summed E-state index contributed by atoms with van der Waals surface area (Å²) in [4.78, 5) is 39.4. The van der Waals surface area contributed by atoms with E-state index in [1.165, 1.54) is 6.92 Å². The molecule has 0 spiro atoms. The van der Waals surface area contributed by atoms with Crippen molar-refractivity contribution < 1.29 is 123 Å². The van der Waals surface area contributed by atoms with Gasteiger partial charge < -0.3 is 108 Å². The first kappa shape index (κ1) is 70.2. The largest absolute Gasteiger partial charge is 0.465 e. The molecule has 8 fully saturated rings. The minimum Gasteiger partial charge on any atom is -0.465 e. The van der Waals surface area contributed by atoms with Crippen molar-refractivity contribution in [3.8, 4) is 0 Å². The monoisotopic (exact) mass is 1270 g/mol. The third-order valence-electron chi connectivity index (χ3n) is 23.2. The molecular weight excluding hydrogens is 1170 g/mol. The molecule has 29 atom stereocenters. The lowest BCUT2D eigenvalue weighted by atomic mass is 9.33. The maximum absolute atomic E-state index is 13.3. The van der Waals surface area contributed by atoms with Gasteiger partial charge in [0, 0.05) is 18.1 Å². The number of ether oxygens (including phenoxy) is 11. The van der Waals surface area contributed by atoms with E-state index in [4.69, 9.17) is 52.1 Å². The first-order valence-corrected chi connectivity index (χ1v) is 31.7. The highest BCUT2D eigenvalue weighted by Crippen LogP contribution is 2.76. The standard InChI is InChI=1S/C64H100O25/c1-14-28(3)53(77)85-47-30(5)81-57(46(75)49(47)86-54(78)29(4)15-2)89-52-51(76)64(27-80-31(6)67)33(22-59(52,7)8)32-16-17-38-61(11)20-19-40(60(9,10)37(61)18-21-62(38,12)63(32,13)23-39(64)69)84-58-50(88-56-45(74)43(72)41(70)35(24-65)82-56)48(34(68)26-79-58)87-55-44(73)42(71)36(25-66)83-55/h14-16,30,33-52,55-58,65-66,68-76H,17-27H2,1-13H3/b28-14-,29-15-/t30-,33?,34-,35+,36-,37?,38?,39+,40-,41-,42-,43-,44+,45+,46+,47-,48-,49-,50+,51-,52-,55-,56-,57-,58+,61-,62+,63+,64-/m0/s1. The lowest BCUT2D eigenvalue weighted by Crippen LogP contribution is -2.72. The number of allylic oxidation sites excluding steroid dienone is 4. The number of carbonyl (C=O) groups excluding carboxylic acids is 3. The van der Waals surface area contributed by atoms with Crippen LogP contribution in [0, 0.1) is 50.2 Å². The predicted molar refractivity (Wildman–Crippen MR) is 310 cm³/mol. The van der Waals surface area contributed by atoms with Crippen LogP contribution in [0.4, 0.5) is 0 Å². The highest BCUT2D eigenvalue weighted by molar-refractivity contribution is 5.88. The highest BCUT2D eigenvalue weighted by atomic mass is 16.8. The first-order valence-electron chi connectivity index (χ1n) is 31.7. The summed E-state index contributed by atoms with van der Waals surface area (Å²) in [5.74, 6) is -2.59. The van der Waals surface area contributed by atoms with Crippen molar-refractivity contribution in [2.75, 3.05) is 26.4 Å². The van der Waals surface area contributed by atoms with Gasteiger partial charge in [-0.05, 0) is 124 Å². The fraction of sp³-hybridized carbons (Fsp3) is 0.859. The molecule has 89 heavy (non-hydrogen) atoms. The number of carbonyl (C=O) groups is 3. The number of aliphatic hydroxyl groups excluding tert-OH is 11. The van der Waals surface area contributed by atoms with Crippen LogP contribution in [-0.2, 0) is 66.5 Å². The highest BCUT2D eigenvalue weighted by Gasteiger charge is 2.73. The average molecular weight is 1270 g/mol. The Kier molecular flexibility index (Phi) is 20.7. The first-order chi connectivity index (χ1) is 41.6. The molecule has 0 bridgehead atoms. The summed E-state index contributed by atoms with van der Waals surface area (Å²) in [6, 6.07) is 0. The van der Waals surface area contributed by atoms with Crippen molar-refractivity contribution >= 4 is 17.9 Å². The minimum absolute atomic E-state index is 0.00947. The van der Waals surface area contributed by atoms with Crippen LogP contribution in [0.25, 0.3) is 0 Å². The third-order valence-corrected chi connectivity index (χ3v) is 23.2. The van der Waals surface area contributed by atoms with Gasteiger partial charge in [-0.2, -0.15) is 0 Å². The molecule has 506 valence electrons. The van der Waals surface area contributed by atoms with E-state index in [1.807, 2.05) is 13.8 Å². The van der Waals surface area contributed by atoms with Crippen LogP contribution in [-0.4, -0.2) is 236 Å². The van der Waals surface area contributed by atoms with E-state index in [0.717, 1.165) is 12.0 Å². The summed E-state index contributed by atoms with van der Waals surface area (Å²) >= 11 is 0. The Morgan fingerprint density at radius 2 is 1.19 bits per heavy atom. The van der Waals surface area contributed by atoms with Crippen molar-refractivity contribution in [3.63, 3.8) is 0 Å². The Balaban J connectivity index is 0.990. The lowest BCUT2D eigenvalue weighted by molar-refractivity contribution is -0.379. The molecule has 11 N–H and O–H groups in total. The zero-order chi connectivity index (χ0) is 65.6. The van der Waals surface area contributed by atoms with Crippen molar-refractivity contribution in [3.05, 3.63) is 34.9 Å². The van der Waals surface area contributed by atoms with Crippen LogP contribution >= 0.6 is 0 Å². The van der Waals surface area contributed by atoms with E-state index in [2.05, 4.69) is 40.7 Å². The van der Waals surface area contributed by atoms with Crippen LogP contribution in [0.15, 0.2) is 34.9 Å². The summed E-state index contributed by atoms with van der Waals surface area (Å²) in [5.41, 5.74) is -2.97. The third kappa shape index (κ3) is 12.1. The average Bonchev–Trinajstić information content (AvgIpc) is 0.971.